The Balaban J connectivity index is 1.54. The molecule has 2 N–H and O–H groups in total. The molecule has 1 aliphatic carbocycles. The summed E-state index contributed by atoms with van der Waals surface area (Å²) < 4.78 is 92.0. The molecule has 40 heavy (non-hydrogen) atoms. The highest BCUT2D eigenvalue weighted by Crippen LogP contribution is 2.34. The molecule has 1 aliphatic heterocycles. The molecule has 0 spiro atoms. The summed E-state index contributed by atoms with van der Waals surface area (Å²) in [5, 5.41) is 7.02. The highest BCUT2D eigenvalue weighted by Gasteiger charge is 2.40. The van der Waals surface area contributed by atoms with E-state index in [0.29, 0.717) is 51.2 Å². The van der Waals surface area contributed by atoms with Crippen molar-refractivity contribution in [3.63, 3.8) is 0 Å². The maximum absolute atomic E-state index is 14.1. The van der Waals surface area contributed by atoms with Gasteiger partial charge in [-0.15, -0.1) is 0 Å². The van der Waals surface area contributed by atoms with Crippen molar-refractivity contribution in [1.29, 1.82) is 0 Å². The zero-order valence-corrected chi connectivity index (χ0v) is 21.8. The van der Waals surface area contributed by atoms with Crippen molar-refractivity contribution in [1.82, 2.24) is 9.97 Å². The van der Waals surface area contributed by atoms with Gasteiger partial charge in [-0.3, -0.25) is 0 Å². The van der Waals surface area contributed by atoms with Gasteiger partial charge in [0.15, 0.2) is 0 Å². The monoisotopic (exact) mass is 569 g/mol. The normalized spacial score (nSPS) is 21.2. The first-order valence-corrected chi connectivity index (χ1v) is 12.7. The average Bonchev–Trinajstić information content (AvgIpc) is 2.89. The largest absolute Gasteiger partial charge is 0.430 e. The first-order valence-electron chi connectivity index (χ1n) is 12.7. The van der Waals surface area contributed by atoms with Crippen LogP contribution in [0.5, 0.6) is 5.75 Å². The quantitative estimate of drug-likeness (QED) is 0.190. The van der Waals surface area contributed by atoms with Crippen LogP contribution in [-0.2, 0) is 4.74 Å². The Morgan fingerprint density at radius 1 is 1.15 bits per heavy atom. The predicted octanol–water partition coefficient (Wildman–Crippen LogP) is 6.62. The number of ether oxygens (including phenoxy) is 2. The van der Waals surface area contributed by atoms with Crippen LogP contribution >= 0.6 is 0 Å². The summed E-state index contributed by atoms with van der Waals surface area (Å²) in [5.74, 6) is -4.74. The van der Waals surface area contributed by atoms with Gasteiger partial charge in [-0.2, -0.15) is 18.9 Å². The molecule has 1 aromatic carbocycles. The number of aromatic nitrogens is 2. The van der Waals surface area contributed by atoms with E-state index in [0.717, 1.165) is 12.2 Å². The van der Waals surface area contributed by atoms with E-state index in [1.807, 2.05) is 0 Å². The van der Waals surface area contributed by atoms with Crippen LogP contribution in [-0.4, -0.2) is 53.8 Å². The van der Waals surface area contributed by atoms with Crippen molar-refractivity contribution in [2.24, 2.45) is 11.0 Å². The van der Waals surface area contributed by atoms with Crippen LogP contribution < -0.4 is 15.5 Å². The maximum Gasteiger partial charge on any atom is 0.429 e. The smallest absolute Gasteiger partial charge is 0.429 e. The number of alkyl halides is 6. The molecule has 0 radical (unpaired) electrons. The van der Waals surface area contributed by atoms with Gasteiger partial charge in [0.25, 0.3) is 5.92 Å². The fourth-order valence-electron chi connectivity index (χ4n) is 4.16. The van der Waals surface area contributed by atoms with Crippen molar-refractivity contribution in [2.75, 3.05) is 24.0 Å². The lowest BCUT2D eigenvalue weighted by Gasteiger charge is -2.26. The molecule has 0 saturated carbocycles. The Labute approximate surface area is 227 Å². The molecule has 3 atom stereocenters. The molecular weight excluding hydrogens is 540 g/mol. The predicted molar refractivity (Wildman–Crippen MR) is 138 cm³/mol. The van der Waals surface area contributed by atoms with Crippen molar-refractivity contribution in [3.05, 3.63) is 65.5 Å². The Hall–Kier alpha value is -3.61. The molecule has 2 aromatic rings. The van der Waals surface area contributed by atoms with Crippen LogP contribution in [0.25, 0.3) is 0 Å². The second-order valence-electron chi connectivity index (χ2n) is 9.64. The summed E-state index contributed by atoms with van der Waals surface area (Å²) in [5.41, 5.74) is 3.97. The molecule has 4 rings (SSSR count). The minimum Gasteiger partial charge on any atom is -0.430 e. The lowest BCUT2D eigenvalue weighted by molar-refractivity contribution is -0.215. The molecule has 1 fully saturated rings. The molecule has 3 unspecified atom stereocenters. The number of nitrogens with one attached hydrogen (secondary N) is 2. The number of rotatable bonds is 10. The van der Waals surface area contributed by atoms with Crippen molar-refractivity contribution < 1.29 is 35.8 Å². The molecule has 0 amide bonds. The molecule has 0 bridgehead atoms. The summed E-state index contributed by atoms with van der Waals surface area (Å²) in [6.07, 6.45) is -2.01. The number of hydrogen-bond donors (Lipinski definition) is 2. The number of benzene rings is 1. The molecule has 2 heterocycles. The van der Waals surface area contributed by atoms with Gasteiger partial charge in [0.1, 0.15) is 17.7 Å². The average molecular weight is 570 g/mol. The fraction of sp³-hybridized carbons (Fsp3) is 0.444. The second kappa shape index (κ2) is 12.3. The van der Waals surface area contributed by atoms with Crippen LogP contribution in [0.4, 0.5) is 38.1 Å². The molecular formula is C27H29F6N5O2. The molecule has 7 nitrogen and oxygen atoms in total. The van der Waals surface area contributed by atoms with Crippen LogP contribution in [0.2, 0.25) is 0 Å². The minimum absolute atomic E-state index is 0.0500. The van der Waals surface area contributed by atoms with E-state index in [9.17, 15) is 26.3 Å². The molecule has 13 heteroatoms. The summed E-state index contributed by atoms with van der Waals surface area (Å²) in [7, 11) is 0. The summed E-state index contributed by atoms with van der Waals surface area (Å²) in [6, 6.07) is 7.22. The first-order chi connectivity index (χ1) is 18.9. The van der Waals surface area contributed by atoms with E-state index >= 15 is 0 Å². The van der Waals surface area contributed by atoms with E-state index in [-0.39, 0.29) is 29.1 Å². The third kappa shape index (κ3) is 7.74. The molecule has 2 aliphatic rings. The Bertz CT molecular complexity index is 1260. The Morgan fingerprint density at radius 3 is 2.60 bits per heavy atom. The first kappa shape index (κ1) is 29.4. The van der Waals surface area contributed by atoms with E-state index < -0.39 is 30.3 Å². The van der Waals surface area contributed by atoms with Gasteiger partial charge in [-0.25, -0.2) is 28.0 Å². The number of anilines is 2. The third-order valence-electron chi connectivity index (χ3n) is 6.36. The van der Waals surface area contributed by atoms with Gasteiger partial charge in [0.2, 0.25) is 12.1 Å². The van der Waals surface area contributed by atoms with Gasteiger partial charge in [-0.05, 0) is 55.7 Å². The van der Waals surface area contributed by atoms with Crippen LogP contribution in [0, 0.1) is 5.92 Å². The van der Waals surface area contributed by atoms with Crippen molar-refractivity contribution >= 4 is 18.0 Å². The van der Waals surface area contributed by atoms with Crippen molar-refractivity contribution in [2.45, 2.75) is 57.0 Å². The molecule has 1 saturated heterocycles. The summed E-state index contributed by atoms with van der Waals surface area (Å²) >= 11 is 0. The zero-order valence-electron chi connectivity index (χ0n) is 21.8. The Morgan fingerprint density at radius 2 is 1.90 bits per heavy atom. The number of halogens is 6. The van der Waals surface area contributed by atoms with E-state index in [2.05, 4.69) is 30.5 Å². The molecule has 1 aromatic heterocycles. The highest BCUT2D eigenvalue weighted by molar-refractivity contribution is 5.80. The lowest BCUT2D eigenvalue weighted by Crippen LogP contribution is -2.34. The Kier molecular flexibility index (Phi) is 9.02. The zero-order chi connectivity index (χ0) is 28.9. The highest BCUT2D eigenvalue weighted by atomic mass is 19.3. The van der Waals surface area contributed by atoms with Gasteiger partial charge >= 0.3 is 6.11 Å². The minimum atomic E-state index is -3.99. The van der Waals surface area contributed by atoms with Gasteiger partial charge < -0.3 is 14.8 Å². The van der Waals surface area contributed by atoms with Crippen LogP contribution in [0.1, 0.15) is 43.9 Å². The third-order valence-corrected chi connectivity index (χ3v) is 6.36. The lowest BCUT2D eigenvalue weighted by atomic mass is 9.92. The fourth-order valence-corrected chi connectivity index (χ4v) is 4.16. The van der Waals surface area contributed by atoms with Gasteiger partial charge in [0, 0.05) is 37.8 Å². The topological polar surface area (TPSA) is 80.7 Å². The van der Waals surface area contributed by atoms with E-state index in [1.165, 1.54) is 30.5 Å². The van der Waals surface area contributed by atoms with Crippen molar-refractivity contribution in [3.8, 4) is 5.75 Å². The van der Waals surface area contributed by atoms with Gasteiger partial charge in [-0.1, -0.05) is 12.1 Å². The van der Waals surface area contributed by atoms with Crippen LogP contribution in [0.15, 0.2) is 59.4 Å². The van der Waals surface area contributed by atoms with Gasteiger partial charge in [0.05, 0.1) is 17.8 Å². The number of hydrogen-bond acceptors (Lipinski definition) is 7. The molecule has 216 valence electrons. The second-order valence-corrected chi connectivity index (χ2v) is 9.64. The summed E-state index contributed by atoms with van der Waals surface area (Å²) in [4.78, 5) is 8.86. The number of hydrazone groups is 1. The van der Waals surface area contributed by atoms with Crippen LogP contribution in [0.3, 0.4) is 0 Å². The van der Waals surface area contributed by atoms with E-state index in [1.54, 1.807) is 12.1 Å². The standard InChI is InChI=1S/C27H29F6N5O2/c1-16(28)27(32,33)40-20-5-3-4-17(12-20)15-34-38-25-36-23(18-8-10-39-11-9-18)14-24(37-25)35-19-6-7-22(29)21(13-19)26(2,30)31/h3-7,12-16,18,21-22H,8-11H2,1-2H3,(H2,35,36,37,38)/b34-15+. The maximum atomic E-state index is 14.1. The van der Waals surface area contributed by atoms with E-state index in [4.69, 9.17) is 4.74 Å². The SMILES string of the molecule is CC(F)C(F)(F)Oc1cccc(/C=N/Nc2nc(NC3=CC(C(C)(F)F)C(F)C=C3)cc(C3CCOCC3)n2)c1. The summed E-state index contributed by atoms with van der Waals surface area (Å²) in [6.45, 7) is 2.47. The number of nitrogens with zero attached hydrogens (tertiary/aromatic N) is 3. The number of allylic oxidation sites excluding steroid dienone is 3.